The van der Waals surface area contributed by atoms with Crippen LogP contribution in [0.15, 0.2) is 18.2 Å². The maximum atomic E-state index is 10.2. The highest BCUT2D eigenvalue weighted by Gasteiger charge is 2.07. The number of hydrogen-bond acceptors (Lipinski definition) is 4. The third-order valence-electron chi connectivity index (χ3n) is 1.38. The number of nitrogens with zero attached hydrogens (tertiary/aromatic N) is 1. The van der Waals surface area contributed by atoms with Gasteiger partial charge in [-0.15, -0.1) is 0 Å². The molecule has 12 heavy (non-hydrogen) atoms. The molecule has 0 aromatic heterocycles. The van der Waals surface area contributed by atoms with Crippen LogP contribution in [0, 0.1) is 15.5 Å². The smallest absolute Gasteiger partial charge is 0.270 e. The van der Waals surface area contributed by atoms with Gasteiger partial charge in [0.1, 0.15) is 5.75 Å². The molecule has 0 aliphatic heterocycles. The zero-order valence-corrected chi connectivity index (χ0v) is 6.02. The van der Waals surface area contributed by atoms with E-state index in [2.05, 4.69) is 0 Å². The predicted octanol–water partition coefficient (Wildman–Crippen LogP) is 1.30. The van der Waals surface area contributed by atoms with Crippen LogP contribution in [-0.2, 0) is 0 Å². The maximum Gasteiger partial charge on any atom is 0.270 e. The van der Waals surface area contributed by atoms with Crippen LogP contribution in [0.4, 0.5) is 5.69 Å². The predicted molar refractivity (Wildman–Crippen MR) is 42.6 cm³/mol. The van der Waals surface area contributed by atoms with Crippen molar-refractivity contribution in [3.05, 3.63) is 33.9 Å². The molecule has 5 nitrogen and oxygen atoms in total. The molecule has 1 aromatic rings. The van der Waals surface area contributed by atoms with Crippen LogP contribution in [-0.4, -0.2) is 16.2 Å². The molecule has 2 N–H and O–H groups in total. The molecule has 0 bridgehead atoms. The molecule has 0 unspecified atom stereocenters. The van der Waals surface area contributed by atoms with Crippen LogP contribution in [0.25, 0.3) is 0 Å². The molecule has 0 aliphatic rings. The largest absolute Gasteiger partial charge is 0.507 e. The molecule has 0 fully saturated rings. The van der Waals surface area contributed by atoms with Gasteiger partial charge in [-0.05, 0) is 6.07 Å². The first kappa shape index (κ1) is 8.19. The Balaban J connectivity index is 3.22. The van der Waals surface area contributed by atoms with Crippen molar-refractivity contribution in [3.63, 3.8) is 0 Å². The molecule has 0 amide bonds. The summed E-state index contributed by atoms with van der Waals surface area (Å²) in [7, 11) is 0. The third-order valence-corrected chi connectivity index (χ3v) is 1.38. The quantitative estimate of drug-likeness (QED) is 0.394. The fraction of sp³-hybridized carbons (Fsp3) is 0. The van der Waals surface area contributed by atoms with Gasteiger partial charge in [0.2, 0.25) is 0 Å². The molecule has 1 rings (SSSR count). The van der Waals surface area contributed by atoms with Gasteiger partial charge in [0.25, 0.3) is 5.69 Å². The third kappa shape index (κ3) is 1.39. The number of hydrogen-bond donors (Lipinski definition) is 2. The Labute approximate surface area is 67.9 Å². The molecule has 62 valence electrons. The van der Waals surface area contributed by atoms with E-state index in [1.165, 1.54) is 12.1 Å². The highest BCUT2D eigenvalue weighted by atomic mass is 16.6. The van der Waals surface area contributed by atoms with Crippen LogP contribution < -0.4 is 0 Å². The Bertz CT molecular complexity index is 335. The van der Waals surface area contributed by atoms with Crippen LogP contribution in [0.3, 0.4) is 0 Å². The second-order valence-corrected chi connectivity index (χ2v) is 2.14. The number of phenolic OH excluding ortho intramolecular Hbond substituents is 1. The molecule has 1 aromatic carbocycles. The van der Waals surface area contributed by atoms with Crippen molar-refractivity contribution in [2.75, 3.05) is 0 Å². The Morgan fingerprint density at radius 3 is 2.75 bits per heavy atom. The molecule has 0 spiro atoms. The van der Waals surface area contributed by atoms with E-state index in [9.17, 15) is 10.1 Å². The van der Waals surface area contributed by atoms with Gasteiger partial charge in [-0.2, -0.15) is 0 Å². The summed E-state index contributed by atoms with van der Waals surface area (Å²) in [6.45, 7) is 0. The summed E-state index contributed by atoms with van der Waals surface area (Å²) in [4.78, 5) is 9.65. The number of nitro groups is 1. The normalized spacial score (nSPS) is 9.33. The van der Waals surface area contributed by atoms with Crippen LogP contribution in [0.1, 0.15) is 5.56 Å². The van der Waals surface area contributed by atoms with Crippen molar-refractivity contribution in [2.24, 2.45) is 0 Å². The van der Waals surface area contributed by atoms with Gasteiger partial charge in [-0.1, -0.05) is 0 Å². The average Bonchev–Trinajstić information content (AvgIpc) is 2.05. The number of non-ortho nitro benzene ring substituents is 1. The van der Waals surface area contributed by atoms with E-state index in [0.717, 1.165) is 12.3 Å². The Kier molecular flexibility index (Phi) is 2.05. The highest BCUT2D eigenvalue weighted by Crippen LogP contribution is 2.20. The lowest BCUT2D eigenvalue weighted by atomic mass is 10.2. The zero-order valence-electron chi connectivity index (χ0n) is 6.02. The van der Waals surface area contributed by atoms with Crippen LogP contribution in [0.2, 0.25) is 0 Å². The minimum atomic E-state index is -0.577. The van der Waals surface area contributed by atoms with Crippen molar-refractivity contribution < 1.29 is 10.0 Å². The van der Waals surface area contributed by atoms with Gasteiger partial charge in [0, 0.05) is 23.9 Å². The van der Waals surface area contributed by atoms with E-state index in [0.29, 0.717) is 0 Å². The van der Waals surface area contributed by atoms with Crippen LogP contribution >= 0.6 is 0 Å². The first-order valence-electron chi connectivity index (χ1n) is 3.13. The average molecular weight is 166 g/mol. The molecule has 5 heteroatoms. The van der Waals surface area contributed by atoms with Crippen molar-refractivity contribution in [2.45, 2.75) is 0 Å². The van der Waals surface area contributed by atoms with E-state index in [-0.39, 0.29) is 17.0 Å². The fourth-order valence-corrected chi connectivity index (χ4v) is 0.771. The van der Waals surface area contributed by atoms with Gasteiger partial charge < -0.3 is 10.5 Å². The van der Waals surface area contributed by atoms with Crippen molar-refractivity contribution in [3.8, 4) is 5.75 Å². The van der Waals surface area contributed by atoms with Crippen LogP contribution in [0.5, 0.6) is 5.75 Å². The van der Waals surface area contributed by atoms with E-state index in [1.54, 1.807) is 0 Å². The van der Waals surface area contributed by atoms with Gasteiger partial charge in [-0.25, -0.2) is 0 Å². The summed E-state index contributed by atoms with van der Waals surface area (Å²) >= 11 is 0. The summed E-state index contributed by atoms with van der Waals surface area (Å²) in [5.41, 5.74) is 0.00972. The van der Waals surface area contributed by atoms with E-state index in [1.807, 2.05) is 0 Å². The van der Waals surface area contributed by atoms with Crippen molar-refractivity contribution >= 4 is 11.9 Å². The Hall–Kier alpha value is -1.91. The number of benzene rings is 1. The number of rotatable bonds is 2. The summed E-state index contributed by atoms with van der Waals surface area (Å²) in [6.07, 6.45) is 0.863. The van der Waals surface area contributed by atoms with Gasteiger partial charge >= 0.3 is 0 Å². The SMILES string of the molecule is N=Cc1cc([N+](=O)[O-])ccc1O. The van der Waals surface area contributed by atoms with Gasteiger partial charge in [0.05, 0.1) is 4.92 Å². The van der Waals surface area contributed by atoms with E-state index >= 15 is 0 Å². The second-order valence-electron chi connectivity index (χ2n) is 2.14. The summed E-state index contributed by atoms with van der Waals surface area (Å²) in [5, 5.41) is 26.1. The Morgan fingerprint density at radius 2 is 2.25 bits per heavy atom. The molecular weight excluding hydrogens is 160 g/mol. The summed E-state index contributed by atoms with van der Waals surface area (Å²) in [6, 6.07) is 3.52. The minimum absolute atomic E-state index is 0.129. The monoisotopic (exact) mass is 166 g/mol. The highest BCUT2D eigenvalue weighted by molar-refractivity contribution is 5.82. The van der Waals surface area contributed by atoms with Crippen molar-refractivity contribution in [1.82, 2.24) is 0 Å². The topological polar surface area (TPSA) is 87.2 Å². The molecule has 0 radical (unpaired) electrons. The molecule has 0 heterocycles. The first-order chi connectivity index (χ1) is 5.65. The molecule has 0 saturated carbocycles. The number of aromatic hydroxyl groups is 1. The molecule has 0 saturated heterocycles. The lowest BCUT2D eigenvalue weighted by Gasteiger charge is -1.96. The first-order valence-corrected chi connectivity index (χ1v) is 3.13. The Morgan fingerprint density at radius 1 is 1.58 bits per heavy atom. The van der Waals surface area contributed by atoms with Gasteiger partial charge in [0.15, 0.2) is 0 Å². The summed E-state index contributed by atoms with van der Waals surface area (Å²) < 4.78 is 0. The number of phenols is 1. The number of nitrogens with one attached hydrogen (secondary N) is 1. The fourth-order valence-electron chi connectivity index (χ4n) is 0.771. The van der Waals surface area contributed by atoms with E-state index < -0.39 is 4.92 Å². The lowest BCUT2D eigenvalue weighted by Crippen LogP contribution is -1.89. The molecule has 0 atom stereocenters. The van der Waals surface area contributed by atoms with Gasteiger partial charge in [-0.3, -0.25) is 10.1 Å². The zero-order chi connectivity index (χ0) is 9.14. The summed E-state index contributed by atoms with van der Waals surface area (Å²) in [5.74, 6) is -0.129. The molecular formula is C7H6N2O3. The molecule has 0 aliphatic carbocycles. The lowest BCUT2D eigenvalue weighted by molar-refractivity contribution is -0.384. The maximum absolute atomic E-state index is 10.2. The standard InChI is InChI=1S/C7H6N2O3/c8-4-5-3-6(9(11)12)1-2-7(5)10/h1-4,8,10H. The van der Waals surface area contributed by atoms with Crippen molar-refractivity contribution in [1.29, 1.82) is 5.41 Å². The van der Waals surface area contributed by atoms with E-state index in [4.69, 9.17) is 10.5 Å². The minimum Gasteiger partial charge on any atom is -0.507 e. The second kappa shape index (κ2) is 3.00. The number of nitro benzene ring substituents is 1.